The number of halogens is 1. The van der Waals surface area contributed by atoms with Crippen molar-refractivity contribution in [3.8, 4) is 0 Å². The summed E-state index contributed by atoms with van der Waals surface area (Å²) in [5, 5.41) is 0. The molecule has 1 aliphatic heterocycles. The van der Waals surface area contributed by atoms with Gasteiger partial charge in [-0.05, 0) is 62.2 Å². The van der Waals surface area contributed by atoms with Crippen LogP contribution in [0.5, 0.6) is 0 Å². The van der Waals surface area contributed by atoms with Crippen LogP contribution in [-0.2, 0) is 26.0 Å². The van der Waals surface area contributed by atoms with Crippen LogP contribution in [0.1, 0.15) is 30.1 Å². The maximum atomic E-state index is 13.7. The van der Waals surface area contributed by atoms with Crippen LogP contribution in [-0.4, -0.2) is 62.7 Å². The third kappa shape index (κ3) is 5.87. The molecule has 0 saturated carbocycles. The number of hydrogen-bond acceptors (Lipinski definition) is 6. The molecule has 0 N–H and O–H groups in total. The van der Waals surface area contributed by atoms with Crippen LogP contribution in [0.2, 0.25) is 0 Å². The van der Waals surface area contributed by atoms with Crippen molar-refractivity contribution in [2.45, 2.75) is 37.3 Å². The number of amides is 1. The highest BCUT2D eigenvalue weighted by Gasteiger charge is 2.26. The number of fused-ring (bicyclic) bond motifs is 1. The number of hydrogen-bond donors (Lipinski definition) is 0. The molecule has 1 amide bonds. The lowest BCUT2D eigenvalue weighted by atomic mass is 10.2. The molecule has 1 aliphatic rings. The minimum atomic E-state index is -3.71. The second-order valence-electron chi connectivity index (χ2n) is 8.21. The monoisotopic (exact) mass is 521 g/mol. The van der Waals surface area contributed by atoms with Crippen LogP contribution in [0.15, 0.2) is 52.4 Å². The van der Waals surface area contributed by atoms with Gasteiger partial charge in [-0.15, -0.1) is 0 Å². The number of rotatable bonds is 9. The highest BCUT2D eigenvalue weighted by atomic mass is 32.2. The molecule has 0 radical (unpaired) electrons. The molecular formula is C24H28FN3O5S2. The quantitative estimate of drug-likeness (QED) is 0.403. The molecule has 11 heteroatoms. The molecule has 0 aliphatic carbocycles. The summed E-state index contributed by atoms with van der Waals surface area (Å²) in [6.45, 7) is 4.27. The molecular weight excluding hydrogens is 493 g/mol. The molecule has 3 aromatic rings. The number of sulfonamides is 1. The molecule has 1 saturated heterocycles. The Bertz CT molecular complexity index is 1360. The van der Waals surface area contributed by atoms with E-state index in [1.165, 1.54) is 59.1 Å². The minimum Gasteiger partial charge on any atom is -0.380 e. The van der Waals surface area contributed by atoms with Crippen LogP contribution in [0, 0.1) is 5.82 Å². The first-order chi connectivity index (χ1) is 16.8. The fraction of sp³-hybridized carbons (Fsp3) is 0.417. The number of benzene rings is 2. The van der Waals surface area contributed by atoms with E-state index in [-0.39, 0.29) is 28.9 Å². The number of aromatic nitrogens is 1. The van der Waals surface area contributed by atoms with Gasteiger partial charge >= 0.3 is 0 Å². The first-order valence-electron chi connectivity index (χ1n) is 11.4. The van der Waals surface area contributed by atoms with Gasteiger partial charge in [-0.25, -0.2) is 12.8 Å². The summed E-state index contributed by atoms with van der Waals surface area (Å²) in [5.41, 5.74) is 1.02. The van der Waals surface area contributed by atoms with Crippen molar-refractivity contribution in [2.24, 2.45) is 4.99 Å². The smallest absolute Gasteiger partial charge is 0.279 e. The largest absolute Gasteiger partial charge is 0.380 e. The van der Waals surface area contributed by atoms with Crippen LogP contribution >= 0.6 is 11.3 Å². The molecule has 1 unspecified atom stereocenters. The summed E-state index contributed by atoms with van der Waals surface area (Å²) in [4.78, 5) is 17.7. The standard InChI is InChI=1S/C24H28FN3O5S2/c1-3-32-14-12-28-21-11-8-18(25)15-22(21)34-24(28)26-23(29)17-6-9-20(10-7-17)35(30,31)27(2)16-19-5-4-13-33-19/h6-11,15,19H,3-5,12-14,16H2,1-2H3. The van der Waals surface area contributed by atoms with E-state index in [9.17, 15) is 17.6 Å². The summed E-state index contributed by atoms with van der Waals surface area (Å²) >= 11 is 1.21. The SMILES string of the molecule is CCOCCn1c(=NC(=O)c2ccc(S(=O)(=O)N(C)CC3CCCO3)cc2)sc2cc(F)ccc21. The average Bonchev–Trinajstić information content (AvgIpc) is 3.46. The van der Waals surface area contributed by atoms with Gasteiger partial charge in [-0.1, -0.05) is 11.3 Å². The van der Waals surface area contributed by atoms with Crippen molar-refractivity contribution in [1.29, 1.82) is 0 Å². The maximum absolute atomic E-state index is 13.7. The van der Waals surface area contributed by atoms with Crippen LogP contribution in [0.4, 0.5) is 4.39 Å². The summed E-state index contributed by atoms with van der Waals surface area (Å²) in [6, 6.07) is 10.2. The van der Waals surface area contributed by atoms with Crippen molar-refractivity contribution in [3.05, 3.63) is 58.6 Å². The van der Waals surface area contributed by atoms with Crippen molar-refractivity contribution < 1.29 is 27.1 Å². The lowest BCUT2D eigenvalue weighted by Crippen LogP contribution is -2.34. The van der Waals surface area contributed by atoms with E-state index in [0.29, 0.717) is 35.9 Å². The Balaban J connectivity index is 1.58. The van der Waals surface area contributed by atoms with E-state index in [0.717, 1.165) is 18.4 Å². The van der Waals surface area contributed by atoms with Gasteiger partial charge in [0.15, 0.2) is 4.80 Å². The molecule has 4 rings (SSSR count). The van der Waals surface area contributed by atoms with Gasteiger partial charge in [0.1, 0.15) is 5.82 Å². The normalized spacial score (nSPS) is 17.0. The molecule has 1 aromatic heterocycles. The van der Waals surface area contributed by atoms with E-state index in [4.69, 9.17) is 9.47 Å². The number of carbonyl (C=O) groups is 1. The molecule has 0 spiro atoms. The van der Waals surface area contributed by atoms with Gasteiger partial charge in [0.2, 0.25) is 10.0 Å². The molecule has 2 heterocycles. The van der Waals surface area contributed by atoms with E-state index >= 15 is 0 Å². The lowest BCUT2D eigenvalue weighted by Gasteiger charge is -2.20. The van der Waals surface area contributed by atoms with Gasteiger partial charge < -0.3 is 14.0 Å². The van der Waals surface area contributed by atoms with Crippen molar-refractivity contribution in [2.75, 3.05) is 33.4 Å². The summed E-state index contributed by atoms with van der Waals surface area (Å²) in [5.74, 6) is -0.881. The van der Waals surface area contributed by atoms with Crippen molar-refractivity contribution >= 4 is 37.5 Å². The number of nitrogens with zero attached hydrogens (tertiary/aromatic N) is 3. The topological polar surface area (TPSA) is 90.2 Å². The zero-order valence-electron chi connectivity index (χ0n) is 19.6. The Labute approximate surface area is 207 Å². The van der Waals surface area contributed by atoms with Crippen LogP contribution in [0.3, 0.4) is 0 Å². The van der Waals surface area contributed by atoms with E-state index in [1.54, 1.807) is 6.07 Å². The average molecular weight is 522 g/mol. The molecule has 1 atom stereocenters. The minimum absolute atomic E-state index is 0.0960. The number of thiazole rings is 1. The Morgan fingerprint density at radius 1 is 1.29 bits per heavy atom. The fourth-order valence-corrected chi connectivity index (χ4v) is 6.20. The Kier molecular flexibility index (Phi) is 8.12. The Morgan fingerprint density at radius 3 is 2.74 bits per heavy atom. The molecule has 1 fully saturated rings. The Hall–Kier alpha value is -2.44. The van der Waals surface area contributed by atoms with Gasteiger partial charge in [0, 0.05) is 38.9 Å². The highest BCUT2D eigenvalue weighted by Crippen LogP contribution is 2.21. The predicted octanol–water partition coefficient (Wildman–Crippen LogP) is 3.42. The van der Waals surface area contributed by atoms with Gasteiger partial charge in [0.05, 0.1) is 27.8 Å². The highest BCUT2D eigenvalue weighted by molar-refractivity contribution is 7.89. The zero-order chi connectivity index (χ0) is 25.0. The second-order valence-corrected chi connectivity index (χ2v) is 11.3. The van der Waals surface area contributed by atoms with E-state index in [1.807, 2.05) is 11.5 Å². The zero-order valence-corrected chi connectivity index (χ0v) is 21.3. The fourth-order valence-electron chi connectivity index (χ4n) is 3.92. The third-order valence-electron chi connectivity index (χ3n) is 5.80. The number of likely N-dealkylation sites (N-methyl/N-ethyl adjacent to an activating group) is 1. The molecule has 35 heavy (non-hydrogen) atoms. The van der Waals surface area contributed by atoms with Crippen LogP contribution < -0.4 is 4.80 Å². The molecule has 8 nitrogen and oxygen atoms in total. The summed E-state index contributed by atoms with van der Waals surface area (Å²) in [7, 11) is -2.18. The van der Waals surface area contributed by atoms with Gasteiger partial charge in [-0.2, -0.15) is 9.30 Å². The first kappa shape index (κ1) is 25.6. The molecule has 2 aromatic carbocycles. The van der Waals surface area contributed by atoms with E-state index in [2.05, 4.69) is 4.99 Å². The molecule has 188 valence electrons. The van der Waals surface area contributed by atoms with Gasteiger partial charge in [-0.3, -0.25) is 4.79 Å². The number of ether oxygens (including phenoxy) is 2. The molecule has 0 bridgehead atoms. The lowest BCUT2D eigenvalue weighted by molar-refractivity contribution is 0.0979. The Morgan fingerprint density at radius 2 is 2.06 bits per heavy atom. The van der Waals surface area contributed by atoms with Crippen molar-refractivity contribution in [1.82, 2.24) is 8.87 Å². The third-order valence-corrected chi connectivity index (χ3v) is 8.68. The summed E-state index contributed by atoms with van der Waals surface area (Å²) < 4.78 is 54.3. The first-order valence-corrected chi connectivity index (χ1v) is 13.7. The van der Waals surface area contributed by atoms with Gasteiger partial charge in [0.25, 0.3) is 5.91 Å². The second kappa shape index (κ2) is 11.1. The summed E-state index contributed by atoms with van der Waals surface area (Å²) in [6.07, 6.45) is 1.67. The maximum Gasteiger partial charge on any atom is 0.279 e. The van der Waals surface area contributed by atoms with E-state index < -0.39 is 15.9 Å². The number of carbonyl (C=O) groups excluding carboxylic acids is 1. The van der Waals surface area contributed by atoms with Crippen molar-refractivity contribution in [3.63, 3.8) is 0 Å². The predicted molar refractivity (Wildman–Crippen MR) is 131 cm³/mol. The van der Waals surface area contributed by atoms with Crippen LogP contribution in [0.25, 0.3) is 10.2 Å².